The number of benzene rings is 2. The minimum absolute atomic E-state index is 0.166. The Hall–Kier alpha value is -4.31. The highest BCUT2D eigenvalue weighted by atomic mass is 19.1. The number of aromatic amines is 1. The number of hydrogen-bond acceptors (Lipinski definition) is 7. The smallest absolute Gasteiger partial charge is 0.253 e. The second-order valence-electron chi connectivity index (χ2n) is 9.51. The van der Waals surface area contributed by atoms with Crippen LogP contribution >= 0.6 is 0 Å². The topological polar surface area (TPSA) is 96.1 Å². The molecule has 1 atom stereocenters. The monoisotopic (exact) mass is 513 g/mol. The number of aromatic nitrogens is 5. The average molecular weight is 514 g/mol. The first-order valence-corrected chi connectivity index (χ1v) is 12.8. The second kappa shape index (κ2) is 10.2. The van der Waals surface area contributed by atoms with Crippen molar-refractivity contribution in [2.75, 3.05) is 31.1 Å². The van der Waals surface area contributed by atoms with Crippen LogP contribution < -0.4 is 10.5 Å². The van der Waals surface area contributed by atoms with E-state index in [4.69, 9.17) is 4.42 Å². The van der Waals surface area contributed by atoms with E-state index in [0.29, 0.717) is 44.1 Å². The van der Waals surface area contributed by atoms with E-state index in [1.807, 2.05) is 30.3 Å². The average Bonchev–Trinajstić information content (AvgIpc) is 3.63. The zero-order valence-corrected chi connectivity index (χ0v) is 21.0. The molecule has 0 spiro atoms. The number of furan rings is 1. The number of halogens is 1. The van der Waals surface area contributed by atoms with Gasteiger partial charge in [-0.25, -0.2) is 9.07 Å². The Morgan fingerprint density at radius 1 is 1.05 bits per heavy atom. The summed E-state index contributed by atoms with van der Waals surface area (Å²) in [5, 5.41) is 13.6. The number of anilines is 1. The molecule has 1 aliphatic heterocycles. The quantitative estimate of drug-likeness (QED) is 0.354. The molecule has 0 unspecified atom stereocenters. The molecule has 0 saturated carbocycles. The van der Waals surface area contributed by atoms with Crippen molar-refractivity contribution in [3.63, 3.8) is 0 Å². The number of nitrogens with one attached hydrogen (secondary N) is 1. The van der Waals surface area contributed by atoms with E-state index in [2.05, 4.69) is 43.3 Å². The van der Waals surface area contributed by atoms with Gasteiger partial charge in [0, 0.05) is 42.9 Å². The van der Waals surface area contributed by atoms with Crippen molar-refractivity contribution in [3.8, 4) is 0 Å². The van der Waals surface area contributed by atoms with E-state index in [1.54, 1.807) is 23.1 Å². The molecule has 0 aliphatic carbocycles. The Bertz CT molecular complexity index is 1590. The Morgan fingerprint density at radius 3 is 2.61 bits per heavy atom. The maximum Gasteiger partial charge on any atom is 0.253 e. The van der Waals surface area contributed by atoms with Gasteiger partial charge in [-0.3, -0.25) is 9.69 Å². The second-order valence-corrected chi connectivity index (χ2v) is 9.51. The third-order valence-corrected chi connectivity index (χ3v) is 7.20. The van der Waals surface area contributed by atoms with Crippen LogP contribution in [0.4, 0.5) is 10.1 Å². The number of piperazine rings is 1. The largest absolute Gasteiger partial charge is 0.467 e. The summed E-state index contributed by atoms with van der Waals surface area (Å²) < 4.78 is 20.7. The molecule has 194 valence electrons. The number of aryl methyl sites for hydroxylation is 1. The normalized spacial score (nSPS) is 15.3. The first-order chi connectivity index (χ1) is 18.6. The highest BCUT2D eigenvalue weighted by molar-refractivity contribution is 5.80. The molecule has 1 fully saturated rings. The van der Waals surface area contributed by atoms with Crippen molar-refractivity contribution in [1.82, 2.24) is 30.1 Å². The first kappa shape index (κ1) is 24.1. The van der Waals surface area contributed by atoms with Gasteiger partial charge in [0.1, 0.15) is 24.2 Å². The molecule has 1 saturated heterocycles. The number of H-pyrrole nitrogens is 1. The SMILES string of the molecule is CCc1ccc2[nH]c(=O)c([C@@H](c3nnnn3Cc3ccco3)N3CCN(c4ccc(F)cc4)CC3)cc2c1. The molecular formula is C28H28FN7O2. The van der Waals surface area contributed by atoms with Crippen LogP contribution in [0, 0.1) is 5.82 Å². The molecule has 6 rings (SSSR count). The molecule has 0 amide bonds. The van der Waals surface area contributed by atoms with Crippen molar-refractivity contribution < 1.29 is 8.81 Å². The third kappa shape index (κ3) is 4.70. The lowest BCUT2D eigenvalue weighted by atomic mass is 10.0. The maximum atomic E-state index is 13.5. The predicted molar refractivity (Wildman–Crippen MR) is 142 cm³/mol. The molecule has 1 N–H and O–H groups in total. The summed E-state index contributed by atoms with van der Waals surface area (Å²) >= 11 is 0. The van der Waals surface area contributed by atoms with E-state index in [-0.39, 0.29) is 11.4 Å². The minimum atomic E-state index is -0.464. The van der Waals surface area contributed by atoms with E-state index in [1.165, 1.54) is 17.7 Å². The van der Waals surface area contributed by atoms with E-state index < -0.39 is 6.04 Å². The summed E-state index contributed by atoms with van der Waals surface area (Å²) in [5.41, 5.74) is 3.39. The molecule has 10 heteroatoms. The standard InChI is InChI=1S/C28H28FN7O2/c1-2-19-5-10-25-20(16-19)17-24(28(37)30-25)26(27-31-32-33-36(27)18-23-4-3-15-38-23)35-13-11-34(12-14-35)22-8-6-21(29)7-9-22/h3-10,15-17,26H,2,11-14,18H2,1H3,(H,30,37)/t26-/m0/s1. The summed E-state index contributed by atoms with van der Waals surface area (Å²) in [6.45, 7) is 5.23. The van der Waals surface area contributed by atoms with Crippen LogP contribution in [0.3, 0.4) is 0 Å². The lowest BCUT2D eigenvalue weighted by molar-refractivity contribution is 0.200. The number of tetrazole rings is 1. The maximum absolute atomic E-state index is 13.5. The first-order valence-electron chi connectivity index (χ1n) is 12.8. The van der Waals surface area contributed by atoms with Crippen LogP contribution in [0.2, 0.25) is 0 Å². The molecule has 1 aliphatic rings. The molecule has 3 aromatic heterocycles. The van der Waals surface area contributed by atoms with Crippen LogP contribution in [-0.4, -0.2) is 56.3 Å². The molecule has 38 heavy (non-hydrogen) atoms. The van der Waals surface area contributed by atoms with Gasteiger partial charge in [-0.2, -0.15) is 0 Å². The summed E-state index contributed by atoms with van der Waals surface area (Å²) in [4.78, 5) is 21.0. The van der Waals surface area contributed by atoms with E-state index >= 15 is 0 Å². The number of hydrogen-bond donors (Lipinski definition) is 1. The van der Waals surface area contributed by atoms with Crippen LogP contribution in [0.1, 0.15) is 35.7 Å². The zero-order chi connectivity index (χ0) is 26.1. The molecule has 0 radical (unpaired) electrons. The van der Waals surface area contributed by atoms with Gasteiger partial charge in [0.25, 0.3) is 5.56 Å². The molecule has 0 bridgehead atoms. The van der Waals surface area contributed by atoms with Crippen LogP contribution in [0.25, 0.3) is 10.9 Å². The summed E-state index contributed by atoms with van der Waals surface area (Å²) in [5.74, 6) is 1.05. The van der Waals surface area contributed by atoms with Crippen LogP contribution in [-0.2, 0) is 13.0 Å². The van der Waals surface area contributed by atoms with Gasteiger partial charge in [-0.05, 0) is 82.4 Å². The highest BCUT2D eigenvalue weighted by Crippen LogP contribution is 2.29. The summed E-state index contributed by atoms with van der Waals surface area (Å²) in [7, 11) is 0. The lowest BCUT2D eigenvalue weighted by Crippen LogP contribution is -2.49. The Balaban J connectivity index is 1.38. The van der Waals surface area contributed by atoms with Gasteiger partial charge in [0.15, 0.2) is 5.82 Å². The summed E-state index contributed by atoms with van der Waals surface area (Å²) in [6.07, 6.45) is 2.52. The Kier molecular flexibility index (Phi) is 6.47. The molecular weight excluding hydrogens is 485 g/mol. The number of pyridine rings is 1. The van der Waals surface area contributed by atoms with E-state index in [0.717, 1.165) is 28.8 Å². The Morgan fingerprint density at radius 2 is 1.87 bits per heavy atom. The number of fused-ring (bicyclic) bond motifs is 1. The predicted octanol–water partition coefficient (Wildman–Crippen LogP) is 3.77. The Labute approximate surface area is 218 Å². The van der Waals surface area contributed by atoms with Crippen molar-refractivity contribution in [2.45, 2.75) is 25.9 Å². The van der Waals surface area contributed by atoms with Crippen molar-refractivity contribution in [2.24, 2.45) is 0 Å². The summed E-state index contributed by atoms with van der Waals surface area (Å²) in [6, 6.07) is 17.9. The molecule has 2 aromatic carbocycles. The zero-order valence-electron chi connectivity index (χ0n) is 21.0. The fourth-order valence-electron chi connectivity index (χ4n) is 5.16. The highest BCUT2D eigenvalue weighted by Gasteiger charge is 2.33. The van der Waals surface area contributed by atoms with Crippen molar-refractivity contribution >= 4 is 16.6 Å². The van der Waals surface area contributed by atoms with Gasteiger partial charge in [-0.1, -0.05) is 13.0 Å². The molecule has 5 aromatic rings. The third-order valence-electron chi connectivity index (χ3n) is 7.20. The number of rotatable bonds is 7. The minimum Gasteiger partial charge on any atom is -0.467 e. The van der Waals surface area contributed by atoms with Crippen molar-refractivity contribution in [1.29, 1.82) is 0 Å². The van der Waals surface area contributed by atoms with Crippen molar-refractivity contribution in [3.05, 3.63) is 106 Å². The molecule has 9 nitrogen and oxygen atoms in total. The molecule has 4 heterocycles. The van der Waals surface area contributed by atoms with Gasteiger partial charge < -0.3 is 14.3 Å². The van der Waals surface area contributed by atoms with E-state index in [9.17, 15) is 9.18 Å². The van der Waals surface area contributed by atoms with Gasteiger partial charge >= 0.3 is 0 Å². The lowest BCUT2D eigenvalue weighted by Gasteiger charge is -2.39. The van der Waals surface area contributed by atoms with Crippen LogP contribution in [0.5, 0.6) is 0 Å². The van der Waals surface area contributed by atoms with Gasteiger partial charge in [0.05, 0.1) is 6.26 Å². The van der Waals surface area contributed by atoms with Crippen LogP contribution in [0.15, 0.2) is 76.1 Å². The fourth-order valence-corrected chi connectivity index (χ4v) is 5.16. The number of nitrogens with zero attached hydrogens (tertiary/aromatic N) is 6. The van der Waals surface area contributed by atoms with Gasteiger partial charge in [-0.15, -0.1) is 5.10 Å². The fraction of sp³-hybridized carbons (Fsp3) is 0.286. The van der Waals surface area contributed by atoms with Gasteiger partial charge in [0.2, 0.25) is 0 Å².